The van der Waals surface area contributed by atoms with Crippen molar-refractivity contribution in [3.05, 3.63) is 57.0 Å². The zero-order valence-electron chi connectivity index (χ0n) is 10.1. The molecule has 0 amide bonds. The molecule has 0 aliphatic heterocycles. The van der Waals surface area contributed by atoms with Crippen LogP contribution >= 0.6 is 27.5 Å². The van der Waals surface area contributed by atoms with E-state index in [1.807, 2.05) is 25.1 Å². The van der Waals surface area contributed by atoms with Crippen LogP contribution in [-0.4, -0.2) is 11.1 Å². The number of halogens is 2. The molecule has 0 saturated carbocycles. The summed E-state index contributed by atoms with van der Waals surface area (Å²) in [5.74, 6) is -1.02. The molecule has 0 bridgehead atoms. The Morgan fingerprint density at radius 2 is 2.00 bits per heavy atom. The Hall–Kier alpha value is -1.52. The smallest absolute Gasteiger partial charge is 0.337 e. The number of carboxylic acid groups (broad SMARTS) is 1. The summed E-state index contributed by atoms with van der Waals surface area (Å²) in [5.41, 5.74) is 2.52. The highest BCUT2D eigenvalue weighted by atomic mass is 79.9. The van der Waals surface area contributed by atoms with E-state index in [0.717, 1.165) is 15.7 Å². The molecule has 98 valence electrons. The molecule has 0 fully saturated rings. The lowest BCUT2D eigenvalue weighted by Crippen LogP contribution is -2.03. The highest BCUT2D eigenvalue weighted by Crippen LogP contribution is 2.30. The van der Waals surface area contributed by atoms with Crippen LogP contribution in [0.4, 0.5) is 11.4 Å². The SMILES string of the molecule is Cc1cccc(Nc2ccc(Cl)cc2C(=O)O)c1Br. The number of rotatable bonds is 3. The van der Waals surface area contributed by atoms with Crippen LogP contribution < -0.4 is 5.32 Å². The molecule has 0 aliphatic carbocycles. The van der Waals surface area contributed by atoms with E-state index in [4.69, 9.17) is 11.6 Å². The summed E-state index contributed by atoms with van der Waals surface area (Å²) in [6.45, 7) is 1.97. The third-order valence-corrected chi connectivity index (χ3v) is 3.96. The Labute approximate surface area is 124 Å². The normalized spacial score (nSPS) is 10.3. The average Bonchev–Trinajstić information content (AvgIpc) is 2.36. The Balaban J connectivity index is 2.44. The van der Waals surface area contributed by atoms with Crippen molar-refractivity contribution < 1.29 is 9.90 Å². The summed E-state index contributed by atoms with van der Waals surface area (Å²) in [5, 5.41) is 12.7. The second-order valence-corrected chi connectivity index (χ2v) is 5.29. The highest BCUT2D eigenvalue weighted by molar-refractivity contribution is 9.10. The van der Waals surface area contributed by atoms with Crippen molar-refractivity contribution in [2.45, 2.75) is 6.92 Å². The fourth-order valence-electron chi connectivity index (χ4n) is 1.69. The van der Waals surface area contributed by atoms with Gasteiger partial charge in [-0.1, -0.05) is 23.7 Å². The van der Waals surface area contributed by atoms with Crippen molar-refractivity contribution in [2.24, 2.45) is 0 Å². The van der Waals surface area contributed by atoms with Crippen LogP contribution in [0.15, 0.2) is 40.9 Å². The van der Waals surface area contributed by atoms with E-state index in [1.54, 1.807) is 12.1 Å². The van der Waals surface area contributed by atoms with Crippen LogP contribution in [0.1, 0.15) is 15.9 Å². The number of benzene rings is 2. The first kappa shape index (κ1) is 13.9. The van der Waals surface area contributed by atoms with Gasteiger partial charge in [-0.05, 0) is 52.7 Å². The Kier molecular flexibility index (Phi) is 4.12. The van der Waals surface area contributed by atoms with Crippen LogP contribution in [0.3, 0.4) is 0 Å². The molecule has 0 radical (unpaired) electrons. The van der Waals surface area contributed by atoms with Crippen LogP contribution in [0.2, 0.25) is 5.02 Å². The van der Waals surface area contributed by atoms with Gasteiger partial charge >= 0.3 is 5.97 Å². The molecule has 2 aromatic rings. The third kappa shape index (κ3) is 3.08. The van der Waals surface area contributed by atoms with Gasteiger partial charge in [0.2, 0.25) is 0 Å². The first-order valence-electron chi connectivity index (χ1n) is 5.54. The minimum atomic E-state index is -1.02. The van der Waals surface area contributed by atoms with Crippen LogP contribution in [-0.2, 0) is 0 Å². The lowest BCUT2D eigenvalue weighted by Gasteiger charge is -2.12. The van der Waals surface area contributed by atoms with Crippen molar-refractivity contribution in [1.82, 2.24) is 0 Å². The van der Waals surface area contributed by atoms with E-state index in [2.05, 4.69) is 21.2 Å². The Morgan fingerprint density at radius 3 is 2.68 bits per heavy atom. The molecule has 0 unspecified atom stereocenters. The summed E-state index contributed by atoms with van der Waals surface area (Å²) in [4.78, 5) is 11.2. The molecule has 5 heteroatoms. The second kappa shape index (κ2) is 5.63. The van der Waals surface area contributed by atoms with Crippen molar-refractivity contribution in [2.75, 3.05) is 5.32 Å². The molecular formula is C14H11BrClNO2. The molecule has 19 heavy (non-hydrogen) atoms. The second-order valence-electron chi connectivity index (χ2n) is 4.06. The summed E-state index contributed by atoms with van der Waals surface area (Å²) in [6, 6.07) is 10.5. The van der Waals surface area contributed by atoms with Crippen LogP contribution in [0, 0.1) is 6.92 Å². The summed E-state index contributed by atoms with van der Waals surface area (Å²) >= 11 is 9.30. The van der Waals surface area contributed by atoms with E-state index in [1.165, 1.54) is 6.07 Å². The molecule has 0 atom stereocenters. The van der Waals surface area contributed by atoms with Gasteiger partial charge in [0.05, 0.1) is 16.9 Å². The predicted molar refractivity (Wildman–Crippen MR) is 80.6 cm³/mol. The average molecular weight is 341 g/mol. The standard InChI is InChI=1S/C14H11BrClNO2/c1-8-3-2-4-12(13(8)15)17-11-6-5-9(16)7-10(11)14(18)19/h2-7,17H,1H3,(H,18,19). The quantitative estimate of drug-likeness (QED) is 0.839. The lowest BCUT2D eigenvalue weighted by molar-refractivity contribution is 0.0698. The molecule has 0 heterocycles. The largest absolute Gasteiger partial charge is 0.478 e. The van der Waals surface area contributed by atoms with Crippen molar-refractivity contribution in [1.29, 1.82) is 0 Å². The van der Waals surface area contributed by atoms with Gasteiger partial charge in [0.15, 0.2) is 0 Å². The van der Waals surface area contributed by atoms with Gasteiger partial charge in [-0.3, -0.25) is 0 Å². The molecule has 0 aromatic heterocycles. The number of aromatic carboxylic acids is 1. The molecule has 0 aliphatic rings. The van der Waals surface area contributed by atoms with E-state index < -0.39 is 5.97 Å². The molecule has 0 spiro atoms. The number of hydrogen-bond donors (Lipinski definition) is 2. The van der Waals surface area contributed by atoms with Gasteiger partial charge in [0.1, 0.15) is 0 Å². The number of nitrogens with one attached hydrogen (secondary N) is 1. The molecular weight excluding hydrogens is 330 g/mol. The maximum Gasteiger partial charge on any atom is 0.337 e. The van der Waals surface area contributed by atoms with E-state index in [0.29, 0.717) is 10.7 Å². The monoisotopic (exact) mass is 339 g/mol. The van der Waals surface area contributed by atoms with Gasteiger partial charge in [-0.25, -0.2) is 4.79 Å². The van der Waals surface area contributed by atoms with Crippen molar-refractivity contribution >= 4 is 44.9 Å². The zero-order chi connectivity index (χ0) is 14.0. The maximum absolute atomic E-state index is 11.2. The highest BCUT2D eigenvalue weighted by Gasteiger charge is 2.12. The van der Waals surface area contributed by atoms with Crippen LogP contribution in [0.25, 0.3) is 0 Å². The fraction of sp³-hybridized carbons (Fsp3) is 0.0714. The predicted octanol–water partition coefficient (Wildman–Crippen LogP) is 4.85. The van der Waals surface area contributed by atoms with Gasteiger partial charge in [0.25, 0.3) is 0 Å². The molecule has 2 rings (SSSR count). The van der Waals surface area contributed by atoms with E-state index in [9.17, 15) is 9.90 Å². The zero-order valence-corrected chi connectivity index (χ0v) is 12.4. The minimum absolute atomic E-state index is 0.140. The first-order valence-corrected chi connectivity index (χ1v) is 6.71. The number of anilines is 2. The van der Waals surface area contributed by atoms with Crippen molar-refractivity contribution in [3.63, 3.8) is 0 Å². The van der Waals surface area contributed by atoms with E-state index in [-0.39, 0.29) is 5.56 Å². The maximum atomic E-state index is 11.2. The van der Waals surface area contributed by atoms with Gasteiger partial charge in [-0.15, -0.1) is 0 Å². The molecule has 3 nitrogen and oxygen atoms in total. The number of hydrogen-bond acceptors (Lipinski definition) is 2. The summed E-state index contributed by atoms with van der Waals surface area (Å²) in [7, 11) is 0. The topological polar surface area (TPSA) is 49.3 Å². The van der Waals surface area contributed by atoms with E-state index >= 15 is 0 Å². The summed E-state index contributed by atoms with van der Waals surface area (Å²) in [6.07, 6.45) is 0. The number of carbonyl (C=O) groups is 1. The van der Waals surface area contributed by atoms with Gasteiger partial charge in [0, 0.05) is 9.50 Å². The van der Waals surface area contributed by atoms with Gasteiger partial charge in [-0.2, -0.15) is 0 Å². The fourth-order valence-corrected chi connectivity index (χ4v) is 2.23. The van der Waals surface area contributed by atoms with Crippen LogP contribution in [0.5, 0.6) is 0 Å². The molecule has 2 N–H and O–H groups in total. The molecule has 0 saturated heterocycles. The molecule has 2 aromatic carbocycles. The Morgan fingerprint density at radius 1 is 1.26 bits per heavy atom. The lowest BCUT2D eigenvalue weighted by atomic mass is 10.1. The summed E-state index contributed by atoms with van der Waals surface area (Å²) < 4.78 is 0.904. The third-order valence-electron chi connectivity index (χ3n) is 2.67. The minimum Gasteiger partial charge on any atom is -0.478 e. The van der Waals surface area contributed by atoms with Gasteiger partial charge < -0.3 is 10.4 Å². The van der Waals surface area contributed by atoms with Crippen molar-refractivity contribution in [3.8, 4) is 0 Å². The number of carboxylic acids is 1. The number of aryl methyl sites for hydroxylation is 1. The Bertz CT molecular complexity index is 643. The first-order chi connectivity index (χ1) is 8.99.